The van der Waals surface area contributed by atoms with Gasteiger partial charge in [0.25, 0.3) is 0 Å². The maximum absolute atomic E-state index is 9.55. The minimum absolute atomic E-state index is 0.200. The highest BCUT2D eigenvalue weighted by Gasteiger charge is 2.04. The van der Waals surface area contributed by atoms with Crippen LogP contribution in [-0.4, -0.2) is 28.0 Å². The van der Waals surface area contributed by atoms with Gasteiger partial charge in [0.1, 0.15) is 0 Å². The third-order valence-electron chi connectivity index (χ3n) is 2.69. The van der Waals surface area contributed by atoms with E-state index in [1.807, 2.05) is 36.4 Å². The van der Waals surface area contributed by atoms with Gasteiger partial charge in [-0.2, -0.15) is 0 Å². The lowest BCUT2D eigenvalue weighted by Gasteiger charge is -2.08. The van der Waals surface area contributed by atoms with Crippen LogP contribution in [0.4, 0.5) is 0 Å². The van der Waals surface area contributed by atoms with Crippen molar-refractivity contribution in [2.24, 2.45) is 5.73 Å². The Balaban J connectivity index is 0.000000333. The Kier molecular flexibility index (Phi) is 8.53. The summed E-state index contributed by atoms with van der Waals surface area (Å²) in [6, 6.07) is 18.3. The number of carbonyl (C=O) groups is 2. The molecule has 0 spiro atoms. The van der Waals surface area contributed by atoms with Crippen LogP contribution < -0.4 is 5.73 Å². The van der Waals surface area contributed by atoms with E-state index in [2.05, 4.69) is 18.2 Å². The van der Waals surface area contributed by atoms with Crippen LogP contribution in [-0.2, 0) is 16.0 Å². The molecule has 130 valence electrons. The second kappa shape index (κ2) is 10.7. The minimum atomic E-state index is -1.26. The van der Waals surface area contributed by atoms with Crippen LogP contribution >= 0.6 is 11.8 Å². The summed E-state index contributed by atoms with van der Waals surface area (Å²) in [5.74, 6) is -2.31. The molecule has 0 saturated carbocycles. The standard InChI is InChI=1S/C14H14N2S.C4H4O4/c15-14(16)10-11-6-4-5-9-13(11)17-12-7-2-1-3-8-12;5-3(6)1-2-4(7)8/h1-9H,10H2,(H3,15,16);1-2H,(H,5,6)(H,7,8). The number of carboxylic acids is 2. The Morgan fingerprint density at radius 2 is 1.48 bits per heavy atom. The lowest BCUT2D eigenvalue weighted by Crippen LogP contribution is -2.13. The summed E-state index contributed by atoms with van der Waals surface area (Å²) in [5, 5.41) is 23.0. The van der Waals surface area contributed by atoms with Crippen molar-refractivity contribution in [2.75, 3.05) is 0 Å². The van der Waals surface area contributed by atoms with Crippen LogP contribution in [0.3, 0.4) is 0 Å². The summed E-state index contributed by atoms with van der Waals surface area (Å²) in [6.45, 7) is 0. The number of carboxylic acid groups (broad SMARTS) is 2. The first-order valence-corrected chi connectivity index (χ1v) is 7.97. The maximum atomic E-state index is 9.55. The zero-order valence-electron chi connectivity index (χ0n) is 13.3. The first-order valence-electron chi connectivity index (χ1n) is 7.16. The van der Waals surface area contributed by atoms with Crippen LogP contribution in [0.2, 0.25) is 0 Å². The summed E-state index contributed by atoms with van der Waals surface area (Å²) in [6.07, 6.45) is 1.63. The first-order chi connectivity index (χ1) is 11.9. The number of benzene rings is 2. The van der Waals surface area contributed by atoms with Crippen molar-refractivity contribution >= 4 is 29.5 Å². The van der Waals surface area contributed by atoms with Gasteiger partial charge in [-0.3, -0.25) is 5.41 Å². The summed E-state index contributed by atoms with van der Waals surface area (Å²) >= 11 is 1.70. The molecule has 0 amide bonds. The van der Waals surface area contributed by atoms with Crippen molar-refractivity contribution in [3.63, 3.8) is 0 Å². The Labute approximate surface area is 149 Å². The van der Waals surface area contributed by atoms with Gasteiger partial charge >= 0.3 is 11.9 Å². The van der Waals surface area contributed by atoms with Gasteiger partial charge in [0.05, 0.1) is 5.84 Å². The van der Waals surface area contributed by atoms with E-state index in [0.29, 0.717) is 18.6 Å². The molecular formula is C18H18N2O4S. The molecule has 2 rings (SSSR count). The third kappa shape index (κ3) is 8.97. The molecule has 0 aliphatic heterocycles. The first kappa shape index (κ1) is 20.0. The van der Waals surface area contributed by atoms with E-state index in [-0.39, 0.29) is 5.84 Å². The van der Waals surface area contributed by atoms with Crippen LogP contribution in [0.1, 0.15) is 5.56 Å². The average molecular weight is 358 g/mol. The number of hydrogen-bond donors (Lipinski definition) is 4. The second-order valence-electron chi connectivity index (χ2n) is 4.73. The second-order valence-corrected chi connectivity index (χ2v) is 5.85. The van der Waals surface area contributed by atoms with E-state index < -0.39 is 11.9 Å². The number of hydrogen-bond acceptors (Lipinski definition) is 4. The fraction of sp³-hybridized carbons (Fsp3) is 0.0556. The normalized spacial score (nSPS) is 9.92. The van der Waals surface area contributed by atoms with Gasteiger partial charge in [-0.05, 0) is 23.8 Å². The molecule has 5 N–H and O–H groups in total. The third-order valence-corrected chi connectivity index (χ3v) is 3.82. The largest absolute Gasteiger partial charge is 0.478 e. The Morgan fingerprint density at radius 1 is 0.960 bits per heavy atom. The van der Waals surface area contributed by atoms with Gasteiger partial charge in [0.15, 0.2) is 0 Å². The number of nitrogens with one attached hydrogen (secondary N) is 1. The topological polar surface area (TPSA) is 124 Å². The van der Waals surface area contributed by atoms with Crippen LogP contribution in [0.5, 0.6) is 0 Å². The van der Waals surface area contributed by atoms with E-state index in [4.69, 9.17) is 21.4 Å². The van der Waals surface area contributed by atoms with E-state index >= 15 is 0 Å². The van der Waals surface area contributed by atoms with Crippen LogP contribution in [0.25, 0.3) is 0 Å². The molecule has 0 aliphatic carbocycles. The van der Waals surface area contributed by atoms with Crippen LogP contribution in [0.15, 0.2) is 76.5 Å². The summed E-state index contributed by atoms with van der Waals surface area (Å²) < 4.78 is 0. The Bertz CT molecular complexity index is 745. The SMILES string of the molecule is N=C(N)Cc1ccccc1Sc1ccccc1.O=C(O)C=CC(=O)O. The minimum Gasteiger partial charge on any atom is -0.478 e. The van der Waals surface area contributed by atoms with Crippen molar-refractivity contribution in [3.8, 4) is 0 Å². The molecule has 0 heterocycles. The van der Waals surface area contributed by atoms with Crippen molar-refractivity contribution in [1.29, 1.82) is 5.41 Å². The van der Waals surface area contributed by atoms with Gasteiger partial charge < -0.3 is 15.9 Å². The van der Waals surface area contributed by atoms with Gasteiger partial charge in [0, 0.05) is 28.4 Å². The van der Waals surface area contributed by atoms with Crippen molar-refractivity contribution in [1.82, 2.24) is 0 Å². The number of aliphatic carboxylic acids is 2. The molecule has 6 nitrogen and oxygen atoms in total. The number of rotatable bonds is 6. The molecule has 0 radical (unpaired) electrons. The van der Waals surface area contributed by atoms with E-state index in [1.54, 1.807) is 11.8 Å². The molecule has 0 unspecified atom stereocenters. The fourth-order valence-electron chi connectivity index (χ4n) is 1.71. The molecule has 2 aromatic rings. The van der Waals surface area contributed by atoms with E-state index in [0.717, 1.165) is 10.5 Å². The summed E-state index contributed by atoms with van der Waals surface area (Å²) in [7, 11) is 0. The monoisotopic (exact) mass is 358 g/mol. The highest BCUT2D eigenvalue weighted by Crippen LogP contribution is 2.30. The number of amidine groups is 1. The molecule has 0 atom stereocenters. The van der Waals surface area contributed by atoms with Crippen LogP contribution in [0, 0.1) is 5.41 Å². The highest BCUT2D eigenvalue weighted by atomic mass is 32.2. The molecule has 7 heteroatoms. The fourth-order valence-corrected chi connectivity index (χ4v) is 2.68. The zero-order valence-corrected chi connectivity index (χ0v) is 14.1. The molecule has 25 heavy (non-hydrogen) atoms. The van der Waals surface area contributed by atoms with Gasteiger partial charge in [-0.25, -0.2) is 9.59 Å². The molecule has 0 saturated heterocycles. The Hall–Kier alpha value is -3.06. The highest BCUT2D eigenvalue weighted by molar-refractivity contribution is 7.99. The number of nitrogens with two attached hydrogens (primary N) is 1. The summed E-state index contributed by atoms with van der Waals surface area (Å²) in [5.41, 5.74) is 6.57. The average Bonchev–Trinajstić information content (AvgIpc) is 2.56. The van der Waals surface area contributed by atoms with E-state index in [1.165, 1.54) is 4.90 Å². The van der Waals surface area contributed by atoms with Gasteiger partial charge in [-0.1, -0.05) is 48.2 Å². The van der Waals surface area contributed by atoms with Crippen molar-refractivity contribution < 1.29 is 19.8 Å². The molecule has 0 aliphatic rings. The lowest BCUT2D eigenvalue weighted by atomic mass is 10.1. The lowest BCUT2D eigenvalue weighted by molar-refractivity contribution is -0.134. The Morgan fingerprint density at radius 3 is 2.00 bits per heavy atom. The molecule has 2 aromatic carbocycles. The summed E-state index contributed by atoms with van der Waals surface area (Å²) in [4.78, 5) is 21.5. The molecule has 0 fully saturated rings. The molecule has 0 bridgehead atoms. The zero-order chi connectivity index (χ0) is 18.7. The van der Waals surface area contributed by atoms with Gasteiger partial charge in [-0.15, -0.1) is 0 Å². The quantitative estimate of drug-likeness (QED) is 0.357. The predicted molar refractivity (Wildman–Crippen MR) is 97.0 cm³/mol. The van der Waals surface area contributed by atoms with Crippen molar-refractivity contribution in [2.45, 2.75) is 16.2 Å². The predicted octanol–water partition coefficient (Wildman–Crippen LogP) is 3.03. The van der Waals surface area contributed by atoms with E-state index in [9.17, 15) is 9.59 Å². The smallest absolute Gasteiger partial charge is 0.328 e. The van der Waals surface area contributed by atoms with Gasteiger partial charge in [0.2, 0.25) is 0 Å². The molecular weight excluding hydrogens is 340 g/mol. The van der Waals surface area contributed by atoms with Crippen molar-refractivity contribution in [3.05, 3.63) is 72.3 Å². The maximum Gasteiger partial charge on any atom is 0.328 e. The molecule has 0 aromatic heterocycles.